The first-order valence-electron chi connectivity index (χ1n) is 10.1. The third-order valence-electron chi connectivity index (χ3n) is 5.76. The van der Waals surface area contributed by atoms with Gasteiger partial charge in [0.25, 0.3) is 0 Å². The van der Waals surface area contributed by atoms with Gasteiger partial charge in [0, 0.05) is 19.3 Å². The van der Waals surface area contributed by atoms with Gasteiger partial charge >= 0.3 is 0 Å². The van der Waals surface area contributed by atoms with Crippen LogP contribution in [0.2, 0.25) is 0 Å². The molecule has 0 radical (unpaired) electrons. The van der Waals surface area contributed by atoms with Gasteiger partial charge in [0.1, 0.15) is 5.82 Å². The number of halogens is 1. The average molecular weight is 442 g/mol. The van der Waals surface area contributed by atoms with Crippen LogP contribution in [0.3, 0.4) is 0 Å². The summed E-state index contributed by atoms with van der Waals surface area (Å²) in [6, 6.07) is 11.3. The highest BCUT2D eigenvalue weighted by molar-refractivity contribution is 7.90. The minimum absolute atomic E-state index is 0.00613. The van der Waals surface area contributed by atoms with Crippen LogP contribution in [0.25, 0.3) is 17.2 Å². The fourth-order valence-corrected chi connectivity index (χ4v) is 4.67. The predicted molar refractivity (Wildman–Crippen MR) is 118 cm³/mol. The number of carbonyl (C=O) groups excluding carboxylic acids is 1. The molecule has 2 aromatic carbocycles. The molecule has 0 spiro atoms. The largest absolute Gasteiger partial charge is 0.378 e. The van der Waals surface area contributed by atoms with Gasteiger partial charge in [0.2, 0.25) is 5.91 Å². The molecular formula is C24H24FNO4S. The first-order valence-corrected chi connectivity index (χ1v) is 12.0. The van der Waals surface area contributed by atoms with Gasteiger partial charge in [-0.25, -0.2) is 12.8 Å². The number of morpholine rings is 1. The van der Waals surface area contributed by atoms with Crippen molar-refractivity contribution in [3.8, 4) is 0 Å². The van der Waals surface area contributed by atoms with Crippen molar-refractivity contribution in [2.45, 2.75) is 18.2 Å². The maximum absolute atomic E-state index is 14.1. The van der Waals surface area contributed by atoms with Gasteiger partial charge in [-0.15, -0.1) is 0 Å². The molecule has 0 atom stereocenters. The molecule has 0 N–H and O–H groups in total. The molecule has 4 rings (SSSR count). The molecule has 1 saturated heterocycles. The molecule has 2 aromatic rings. The van der Waals surface area contributed by atoms with Crippen molar-refractivity contribution >= 4 is 33.0 Å². The highest BCUT2D eigenvalue weighted by Gasteiger charge is 2.27. The minimum atomic E-state index is -3.27. The summed E-state index contributed by atoms with van der Waals surface area (Å²) in [5, 5.41) is 0. The molecule has 1 amide bonds. The highest BCUT2D eigenvalue weighted by Crippen LogP contribution is 2.44. The lowest BCUT2D eigenvalue weighted by atomic mass is 10.0. The van der Waals surface area contributed by atoms with Gasteiger partial charge in [0.05, 0.1) is 24.5 Å². The number of amides is 1. The Labute approximate surface area is 181 Å². The summed E-state index contributed by atoms with van der Waals surface area (Å²) >= 11 is 0. The Bertz CT molecular complexity index is 1190. The number of hydrogen-bond acceptors (Lipinski definition) is 4. The molecule has 7 heteroatoms. The third kappa shape index (κ3) is 4.48. The molecule has 0 aromatic heterocycles. The number of benzene rings is 2. The summed E-state index contributed by atoms with van der Waals surface area (Å²) < 4.78 is 42.8. The molecule has 0 unspecified atom stereocenters. The molecule has 162 valence electrons. The predicted octanol–water partition coefficient (Wildman–Crippen LogP) is 3.81. The van der Waals surface area contributed by atoms with Crippen molar-refractivity contribution in [1.29, 1.82) is 0 Å². The molecular weight excluding hydrogens is 417 g/mol. The number of hydrogen-bond donors (Lipinski definition) is 0. The van der Waals surface area contributed by atoms with Crippen LogP contribution in [0.1, 0.15) is 30.0 Å². The fourth-order valence-electron chi connectivity index (χ4n) is 4.04. The molecule has 0 bridgehead atoms. The van der Waals surface area contributed by atoms with E-state index in [2.05, 4.69) is 0 Å². The zero-order chi connectivity index (χ0) is 22.2. The zero-order valence-corrected chi connectivity index (χ0v) is 18.3. The van der Waals surface area contributed by atoms with Crippen molar-refractivity contribution in [2.24, 2.45) is 0 Å². The number of rotatable bonds is 4. The fraction of sp³-hybridized carbons (Fsp3) is 0.292. The van der Waals surface area contributed by atoms with E-state index >= 15 is 0 Å². The maximum Gasteiger partial charge on any atom is 0.227 e. The van der Waals surface area contributed by atoms with Crippen molar-refractivity contribution in [1.82, 2.24) is 4.90 Å². The lowest BCUT2D eigenvalue weighted by molar-refractivity contribution is -0.134. The van der Waals surface area contributed by atoms with Crippen LogP contribution in [0.5, 0.6) is 0 Å². The Balaban J connectivity index is 1.71. The number of fused-ring (bicyclic) bond motifs is 1. The molecule has 1 fully saturated rings. The Kier molecular flexibility index (Phi) is 5.81. The van der Waals surface area contributed by atoms with E-state index in [1.165, 1.54) is 18.4 Å². The topological polar surface area (TPSA) is 63.7 Å². The number of ether oxygens (including phenoxy) is 1. The number of sulfone groups is 1. The van der Waals surface area contributed by atoms with Crippen molar-refractivity contribution in [2.75, 3.05) is 32.6 Å². The number of carbonyl (C=O) groups is 1. The second-order valence-corrected chi connectivity index (χ2v) is 9.88. The summed E-state index contributed by atoms with van der Waals surface area (Å²) in [4.78, 5) is 14.9. The van der Waals surface area contributed by atoms with Crippen LogP contribution in [0, 0.1) is 5.82 Å². The summed E-state index contributed by atoms with van der Waals surface area (Å²) in [6.45, 7) is 4.14. The maximum atomic E-state index is 14.1. The van der Waals surface area contributed by atoms with Gasteiger partial charge in [-0.05, 0) is 70.7 Å². The van der Waals surface area contributed by atoms with E-state index in [0.29, 0.717) is 26.3 Å². The Morgan fingerprint density at radius 1 is 1.10 bits per heavy atom. The van der Waals surface area contributed by atoms with E-state index in [-0.39, 0.29) is 23.0 Å². The SMILES string of the molecule is CC1=C(CC(=O)N2CCOCC2)c2cc(F)ccc2/C1=C\c1ccc(S(C)(=O)=O)cc1. The van der Waals surface area contributed by atoms with Gasteiger partial charge in [-0.3, -0.25) is 4.79 Å². The molecule has 1 heterocycles. The number of allylic oxidation sites excluding steroid dienone is 2. The monoisotopic (exact) mass is 441 g/mol. The third-order valence-corrected chi connectivity index (χ3v) is 6.89. The Morgan fingerprint density at radius 3 is 2.42 bits per heavy atom. The number of nitrogens with zero attached hydrogens (tertiary/aromatic N) is 1. The Hall–Kier alpha value is -2.77. The molecule has 1 aliphatic carbocycles. The van der Waals surface area contributed by atoms with Gasteiger partial charge in [0.15, 0.2) is 9.84 Å². The summed E-state index contributed by atoms with van der Waals surface area (Å²) in [5.74, 6) is -0.340. The van der Waals surface area contributed by atoms with Crippen molar-refractivity contribution < 1.29 is 22.3 Å². The first-order chi connectivity index (χ1) is 14.7. The standard InChI is InChI=1S/C24H24FNO4S/c1-16-21(13-17-3-6-19(7-4-17)31(2,28)29)20-8-5-18(25)14-23(20)22(16)15-24(27)26-9-11-30-12-10-26/h3-8,13-14H,9-12,15H2,1-2H3/b21-13-. The van der Waals surface area contributed by atoms with Gasteiger partial charge < -0.3 is 9.64 Å². The van der Waals surface area contributed by atoms with E-state index in [1.54, 1.807) is 35.2 Å². The molecule has 2 aliphatic rings. The molecule has 31 heavy (non-hydrogen) atoms. The van der Waals surface area contributed by atoms with Crippen molar-refractivity contribution in [3.05, 3.63) is 70.5 Å². The van der Waals surface area contributed by atoms with E-state index in [9.17, 15) is 17.6 Å². The smallest absolute Gasteiger partial charge is 0.227 e. The highest BCUT2D eigenvalue weighted by atomic mass is 32.2. The van der Waals surface area contributed by atoms with Gasteiger partial charge in [-0.1, -0.05) is 18.2 Å². The summed E-state index contributed by atoms with van der Waals surface area (Å²) in [7, 11) is -3.27. The van der Waals surface area contributed by atoms with Crippen LogP contribution >= 0.6 is 0 Å². The summed E-state index contributed by atoms with van der Waals surface area (Å²) in [6.07, 6.45) is 3.32. The zero-order valence-electron chi connectivity index (χ0n) is 17.5. The second-order valence-electron chi connectivity index (χ2n) is 7.86. The van der Waals surface area contributed by atoms with E-state index < -0.39 is 9.84 Å². The Morgan fingerprint density at radius 2 is 1.77 bits per heavy atom. The van der Waals surface area contributed by atoms with E-state index in [1.807, 2.05) is 13.0 Å². The normalized spacial score (nSPS) is 17.9. The molecule has 0 saturated carbocycles. The van der Waals surface area contributed by atoms with Crippen molar-refractivity contribution in [3.63, 3.8) is 0 Å². The van der Waals surface area contributed by atoms with Crippen LogP contribution in [0.4, 0.5) is 4.39 Å². The molecule has 1 aliphatic heterocycles. The van der Waals surface area contributed by atoms with Crippen LogP contribution in [-0.4, -0.2) is 51.8 Å². The minimum Gasteiger partial charge on any atom is -0.378 e. The van der Waals surface area contributed by atoms with Crippen LogP contribution in [-0.2, 0) is 19.4 Å². The lowest BCUT2D eigenvalue weighted by Gasteiger charge is -2.27. The quantitative estimate of drug-likeness (QED) is 0.724. The summed E-state index contributed by atoms with van der Waals surface area (Å²) in [5.41, 5.74) is 5.10. The average Bonchev–Trinajstić information content (AvgIpc) is 2.99. The lowest BCUT2D eigenvalue weighted by Crippen LogP contribution is -2.40. The van der Waals surface area contributed by atoms with E-state index in [0.717, 1.165) is 33.4 Å². The van der Waals surface area contributed by atoms with Crippen LogP contribution in [0.15, 0.2) is 52.9 Å². The van der Waals surface area contributed by atoms with Crippen LogP contribution < -0.4 is 0 Å². The first kappa shape index (κ1) is 21.5. The van der Waals surface area contributed by atoms with E-state index in [4.69, 9.17) is 4.74 Å². The molecule has 5 nitrogen and oxygen atoms in total. The second kappa shape index (κ2) is 8.40. The van der Waals surface area contributed by atoms with Gasteiger partial charge in [-0.2, -0.15) is 0 Å².